The molecule has 1 aliphatic rings. The first kappa shape index (κ1) is 22.9. The highest BCUT2D eigenvalue weighted by Gasteiger charge is 2.22. The molecule has 0 bridgehead atoms. The molecule has 0 aliphatic carbocycles. The van der Waals surface area contributed by atoms with Crippen LogP contribution in [0.4, 0.5) is 11.4 Å². The van der Waals surface area contributed by atoms with Gasteiger partial charge in [-0.05, 0) is 54.1 Å². The number of halogens is 1. The maximum absolute atomic E-state index is 12.9. The number of piperazine rings is 1. The number of hydrogen-bond donors (Lipinski definition) is 1. The van der Waals surface area contributed by atoms with Crippen LogP contribution in [0.25, 0.3) is 6.08 Å². The molecule has 0 saturated carbocycles. The largest absolute Gasteiger partial charge is 0.368 e. The summed E-state index contributed by atoms with van der Waals surface area (Å²) in [5, 5.41) is 1.82. The maximum atomic E-state index is 12.9. The predicted molar refractivity (Wildman–Crippen MR) is 134 cm³/mol. The summed E-state index contributed by atoms with van der Waals surface area (Å²) in [6, 6.07) is 23.4. The summed E-state index contributed by atoms with van der Waals surface area (Å²) in [6.07, 6.45) is 1.53. The van der Waals surface area contributed by atoms with Crippen molar-refractivity contribution in [2.75, 3.05) is 35.8 Å². The number of carbonyl (C=O) groups excluding carboxylic acids is 1. The van der Waals surface area contributed by atoms with E-state index in [4.69, 9.17) is 11.6 Å². The van der Waals surface area contributed by atoms with Gasteiger partial charge in [-0.2, -0.15) is 0 Å². The Kier molecular flexibility index (Phi) is 7.01. The van der Waals surface area contributed by atoms with E-state index in [1.54, 1.807) is 24.3 Å². The van der Waals surface area contributed by atoms with Gasteiger partial charge in [0.05, 0.1) is 5.41 Å². The van der Waals surface area contributed by atoms with E-state index in [-0.39, 0.29) is 5.91 Å². The minimum Gasteiger partial charge on any atom is -0.368 e. The van der Waals surface area contributed by atoms with E-state index in [1.807, 2.05) is 59.5 Å². The Hall–Kier alpha value is -3.29. The highest BCUT2D eigenvalue weighted by Crippen LogP contribution is 2.22. The lowest BCUT2D eigenvalue weighted by molar-refractivity contribution is 0.0747. The monoisotopic (exact) mass is 481 g/mol. The zero-order valence-electron chi connectivity index (χ0n) is 17.9. The zero-order chi connectivity index (χ0) is 23.3. The van der Waals surface area contributed by atoms with Crippen LogP contribution in [0.5, 0.6) is 0 Å². The minimum atomic E-state index is -3.66. The van der Waals surface area contributed by atoms with Crippen molar-refractivity contribution in [1.82, 2.24) is 4.90 Å². The fourth-order valence-electron chi connectivity index (χ4n) is 3.63. The SMILES string of the molecule is O=C(c1ccc(NS(=O)(=O)/C=C/c2ccccc2)cc1)N1CCN(c2cccc(Cl)c2)CC1. The van der Waals surface area contributed by atoms with Crippen molar-refractivity contribution in [1.29, 1.82) is 0 Å². The van der Waals surface area contributed by atoms with Gasteiger partial charge in [0, 0.05) is 48.1 Å². The van der Waals surface area contributed by atoms with Crippen LogP contribution in [0.15, 0.2) is 84.3 Å². The molecule has 8 heteroatoms. The van der Waals surface area contributed by atoms with Crippen LogP contribution in [0.3, 0.4) is 0 Å². The molecule has 3 aromatic carbocycles. The van der Waals surface area contributed by atoms with E-state index in [0.717, 1.165) is 29.7 Å². The first-order valence-electron chi connectivity index (χ1n) is 10.6. The topological polar surface area (TPSA) is 69.7 Å². The summed E-state index contributed by atoms with van der Waals surface area (Å²) in [5.41, 5.74) is 2.76. The third kappa shape index (κ3) is 6.15. The van der Waals surface area contributed by atoms with Gasteiger partial charge >= 0.3 is 0 Å². The molecule has 0 radical (unpaired) electrons. The molecule has 1 aliphatic heterocycles. The fraction of sp³-hybridized carbons (Fsp3) is 0.160. The standard InChI is InChI=1S/C25H24ClN3O3S/c26-22-7-4-8-24(19-22)28-14-16-29(17-15-28)25(30)21-9-11-23(12-10-21)27-33(31,32)18-13-20-5-2-1-3-6-20/h1-13,18-19,27H,14-17H2/b18-13+. The molecular weight excluding hydrogens is 458 g/mol. The summed E-state index contributed by atoms with van der Waals surface area (Å²) in [5.74, 6) is -0.0703. The van der Waals surface area contributed by atoms with Crippen molar-refractivity contribution in [3.63, 3.8) is 0 Å². The van der Waals surface area contributed by atoms with Gasteiger partial charge in [0.2, 0.25) is 0 Å². The maximum Gasteiger partial charge on any atom is 0.255 e. The highest BCUT2D eigenvalue weighted by molar-refractivity contribution is 7.95. The molecule has 0 spiro atoms. The average Bonchev–Trinajstić information content (AvgIpc) is 2.83. The molecule has 0 aromatic heterocycles. The first-order chi connectivity index (χ1) is 15.9. The molecule has 4 rings (SSSR count). The molecule has 33 heavy (non-hydrogen) atoms. The second-order valence-electron chi connectivity index (χ2n) is 7.70. The quantitative estimate of drug-likeness (QED) is 0.553. The Morgan fingerprint density at radius 3 is 2.24 bits per heavy atom. The molecule has 1 N–H and O–H groups in total. The van der Waals surface area contributed by atoms with E-state index < -0.39 is 10.0 Å². The summed E-state index contributed by atoms with van der Waals surface area (Å²) >= 11 is 6.08. The Morgan fingerprint density at radius 2 is 1.58 bits per heavy atom. The Morgan fingerprint density at radius 1 is 0.879 bits per heavy atom. The van der Waals surface area contributed by atoms with Gasteiger partial charge in [-0.3, -0.25) is 9.52 Å². The van der Waals surface area contributed by atoms with Crippen LogP contribution < -0.4 is 9.62 Å². The van der Waals surface area contributed by atoms with Gasteiger partial charge in [-0.1, -0.05) is 48.0 Å². The number of anilines is 2. The van der Waals surface area contributed by atoms with E-state index in [0.29, 0.717) is 29.4 Å². The third-order valence-electron chi connectivity index (χ3n) is 5.37. The number of rotatable bonds is 6. The second-order valence-corrected chi connectivity index (χ2v) is 9.70. The molecule has 3 aromatic rings. The van der Waals surface area contributed by atoms with E-state index >= 15 is 0 Å². The van der Waals surface area contributed by atoms with E-state index in [2.05, 4.69) is 9.62 Å². The van der Waals surface area contributed by atoms with Crippen molar-refractivity contribution < 1.29 is 13.2 Å². The third-order valence-corrected chi connectivity index (χ3v) is 6.62. The molecule has 1 amide bonds. The second kappa shape index (κ2) is 10.1. The molecular formula is C25H24ClN3O3S. The van der Waals surface area contributed by atoms with Crippen molar-refractivity contribution in [3.05, 3.63) is 100 Å². The molecule has 170 valence electrons. The number of nitrogens with one attached hydrogen (secondary N) is 1. The highest BCUT2D eigenvalue weighted by atomic mass is 35.5. The molecule has 0 unspecified atom stereocenters. The Balaban J connectivity index is 1.34. The average molecular weight is 482 g/mol. The lowest BCUT2D eigenvalue weighted by Crippen LogP contribution is -2.48. The smallest absolute Gasteiger partial charge is 0.255 e. The zero-order valence-corrected chi connectivity index (χ0v) is 19.5. The van der Waals surface area contributed by atoms with Crippen LogP contribution in [0.1, 0.15) is 15.9 Å². The predicted octanol–water partition coefficient (Wildman–Crippen LogP) is 4.72. The molecule has 0 atom stereocenters. The van der Waals surface area contributed by atoms with Gasteiger partial charge in [0.1, 0.15) is 0 Å². The Labute approximate surface area is 199 Å². The van der Waals surface area contributed by atoms with Crippen molar-refractivity contribution in [2.45, 2.75) is 0 Å². The number of hydrogen-bond acceptors (Lipinski definition) is 4. The van der Waals surface area contributed by atoms with Crippen molar-refractivity contribution in [2.24, 2.45) is 0 Å². The van der Waals surface area contributed by atoms with Crippen LogP contribution >= 0.6 is 11.6 Å². The van der Waals surface area contributed by atoms with Crippen molar-refractivity contribution in [3.8, 4) is 0 Å². The number of nitrogens with zero attached hydrogens (tertiary/aromatic N) is 2. The first-order valence-corrected chi connectivity index (χ1v) is 12.5. The normalized spacial score (nSPS) is 14.5. The summed E-state index contributed by atoms with van der Waals surface area (Å²) < 4.78 is 27.2. The van der Waals surface area contributed by atoms with Crippen LogP contribution in [-0.4, -0.2) is 45.4 Å². The molecule has 1 fully saturated rings. The summed E-state index contributed by atoms with van der Waals surface area (Å²) in [6.45, 7) is 2.64. The van der Waals surface area contributed by atoms with E-state index in [1.165, 1.54) is 6.08 Å². The minimum absolute atomic E-state index is 0.0703. The van der Waals surface area contributed by atoms with Crippen LogP contribution in [0, 0.1) is 0 Å². The number of benzene rings is 3. The summed E-state index contributed by atoms with van der Waals surface area (Å²) in [7, 11) is -3.66. The molecule has 1 saturated heterocycles. The number of sulfonamides is 1. The van der Waals surface area contributed by atoms with Crippen LogP contribution in [0.2, 0.25) is 5.02 Å². The fourth-order valence-corrected chi connectivity index (χ4v) is 4.69. The summed E-state index contributed by atoms with van der Waals surface area (Å²) in [4.78, 5) is 16.9. The number of carbonyl (C=O) groups is 1. The molecule has 1 heterocycles. The Bertz CT molecular complexity index is 1240. The van der Waals surface area contributed by atoms with Gasteiger partial charge in [-0.25, -0.2) is 8.42 Å². The van der Waals surface area contributed by atoms with Crippen LogP contribution in [-0.2, 0) is 10.0 Å². The lowest BCUT2D eigenvalue weighted by Gasteiger charge is -2.36. The molecule has 6 nitrogen and oxygen atoms in total. The van der Waals surface area contributed by atoms with Gasteiger partial charge in [0.15, 0.2) is 0 Å². The number of amides is 1. The van der Waals surface area contributed by atoms with Crippen molar-refractivity contribution >= 4 is 45.0 Å². The lowest BCUT2D eigenvalue weighted by atomic mass is 10.1. The van der Waals surface area contributed by atoms with E-state index in [9.17, 15) is 13.2 Å². The van der Waals surface area contributed by atoms with Gasteiger partial charge in [-0.15, -0.1) is 0 Å². The van der Waals surface area contributed by atoms with Gasteiger partial charge < -0.3 is 9.80 Å². The van der Waals surface area contributed by atoms with Gasteiger partial charge in [0.25, 0.3) is 15.9 Å².